The molecule has 0 saturated heterocycles. The van der Waals surface area contributed by atoms with Crippen LogP contribution in [0.4, 0.5) is 5.82 Å². The van der Waals surface area contributed by atoms with Crippen LogP contribution in [0.5, 0.6) is 0 Å². The van der Waals surface area contributed by atoms with Crippen molar-refractivity contribution in [1.29, 1.82) is 0 Å². The van der Waals surface area contributed by atoms with Gasteiger partial charge in [-0.1, -0.05) is 5.21 Å². The number of hydrogen-bond donors (Lipinski definition) is 1. The monoisotopic (exact) mass is 281 g/mol. The molecule has 0 bridgehead atoms. The van der Waals surface area contributed by atoms with Crippen LogP contribution in [0.3, 0.4) is 0 Å². The highest BCUT2D eigenvalue weighted by atomic mass is 16.6. The van der Waals surface area contributed by atoms with E-state index in [0.717, 1.165) is 0 Å². The molecule has 0 aliphatic rings. The van der Waals surface area contributed by atoms with Gasteiger partial charge in [0.1, 0.15) is 0 Å². The molecule has 0 saturated carbocycles. The van der Waals surface area contributed by atoms with Crippen molar-refractivity contribution in [3.63, 3.8) is 0 Å². The Labute approximate surface area is 114 Å². The van der Waals surface area contributed by atoms with Crippen LogP contribution in [-0.2, 0) is 11.3 Å². The molecular formula is C10H15N7O3. The summed E-state index contributed by atoms with van der Waals surface area (Å²) in [5, 5.41) is 14.8. The van der Waals surface area contributed by atoms with Gasteiger partial charge >= 0.3 is 5.97 Å². The topological polar surface area (TPSA) is 125 Å². The van der Waals surface area contributed by atoms with Crippen LogP contribution < -0.4 is 5.73 Å². The quantitative estimate of drug-likeness (QED) is 0.719. The van der Waals surface area contributed by atoms with Gasteiger partial charge in [0, 0.05) is 6.54 Å². The van der Waals surface area contributed by atoms with E-state index in [2.05, 4.69) is 25.3 Å². The molecule has 10 heteroatoms. The number of aromatic nitrogens is 5. The van der Waals surface area contributed by atoms with E-state index in [4.69, 9.17) is 10.5 Å². The molecule has 0 amide bonds. The van der Waals surface area contributed by atoms with Gasteiger partial charge in [-0.2, -0.15) is 4.68 Å². The number of carbonyl (C=O) groups is 1. The van der Waals surface area contributed by atoms with Gasteiger partial charge in [-0.3, -0.25) is 0 Å². The van der Waals surface area contributed by atoms with Gasteiger partial charge in [-0.25, -0.2) is 9.42 Å². The summed E-state index contributed by atoms with van der Waals surface area (Å²) < 4.78 is 10.8. The standard InChI is InChI=1S/C10H15N7O3/c1-4-19-10(18)7-6(5-16(2)3)17(15-12-7)9-8(11)13-20-14-9/h4-5H2,1-3H3,(H2,11,13). The van der Waals surface area contributed by atoms with Crippen molar-refractivity contribution >= 4 is 11.8 Å². The second-order valence-electron chi connectivity index (χ2n) is 4.23. The van der Waals surface area contributed by atoms with E-state index in [0.29, 0.717) is 12.2 Å². The summed E-state index contributed by atoms with van der Waals surface area (Å²) in [7, 11) is 3.69. The van der Waals surface area contributed by atoms with Gasteiger partial charge in [0.05, 0.1) is 12.3 Å². The predicted octanol–water partition coefficient (Wildman–Crippen LogP) is -0.529. The minimum atomic E-state index is -0.550. The molecule has 108 valence electrons. The molecule has 2 aromatic rings. The first-order valence-corrected chi connectivity index (χ1v) is 5.89. The van der Waals surface area contributed by atoms with Crippen molar-refractivity contribution in [2.24, 2.45) is 0 Å². The lowest BCUT2D eigenvalue weighted by Gasteiger charge is -2.11. The van der Waals surface area contributed by atoms with Crippen LogP contribution in [-0.4, -0.2) is 56.9 Å². The van der Waals surface area contributed by atoms with Gasteiger partial charge in [-0.15, -0.1) is 5.10 Å². The lowest BCUT2D eigenvalue weighted by Crippen LogP contribution is -2.18. The van der Waals surface area contributed by atoms with Crippen molar-refractivity contribution in [3.05, 3.63) is 11.4 Å². The third kappa shape index (κ3) is 2.59. The molecule has 0 aliphatic carbocycles. The van der Waals surface area contributed by atoms with Gasteiger partial charge in [0.25, 0.3) is 0 Å². The van der Waals surface area contributed by atoms with Crippen molar-refractivity contribution in [1.82, 2.24) is 30.2 Å². The van der Waals surface area contributed by atoms with Gasteiger partial charge in [0.2, 0.25) is 11.6 Å². The van der Waals surface area contributed by atoms with Crippen LogP contribution in [0.2, 0.25) is 0 Å². The molecule has 0 spiro atoms. The maximum atomic E-state index is 11.9. The van der Waals surface area contributed by atoms with Crippen LogP contribution in [0.25, 0.3) is 5.82 Å². The lowest BCUT2D eigenvalue weighted by atomic mass is 10.3. The molecule has 0 atom stereocenters. The number of ether oxygens (including phenoxy) is 1. The smallest absolute Gasteiger partial charge is 0.360 e. The zero-order chi connectivity index (χ0) is 14.7. The fourth-order valence-corrected chi connectivity index (χ4v) is 1.61. The molecule has 0 aliphatic heterocycles. The molecule has 2 rings (SSSR count). The molecule has 0 fully saturated rings. The zero-order valence-electron chi connectivity index (χ0n) is 11.4. The van der Waals surface area contributed by atoms with Crippen molar-refractivity contribution in [2.45, 2.75) is 13.5 Å². The van der Waals surface area contributed by atoms with Gasteiger partial charge < -0.3 is 15.4 Å². The zero-order valence-corrected chi connectivity index (χ0v) is 11.4. The number of carbonyl (C=O) groups excluding carboxylic acids is 1. The molecule has 10 nitrogen and oxygen atoms in total. The fourth-order valence-electron chi connectivity index (χ4n) is 1.61. The van der Waals surface area contributed by atoms with Crippen molar-refractivity contribution in [3.8, 4) is 5.82 Å². The summed E-state index contributed by atoms with van der Waals surface area (Å²) in [6.45, 7) is 2.36. The van der Waals surface area contributed by atoms with Gasteiger partial charge in [-0.05, 0) is 31.3 Å². The summed E-state index contributed by atoms with van der Waals surface area (Å²) in [5.74, 6) is -0.305. The Kier molecular flexibility index (Phi) is 3.94. The highest BCUT2D eigenvalue weighted by Crippen LogP contribution is 2.17. The van der Waals surface area contributed by atoms with Crippen LogP contribution in [0.1, 0.15) is 23.1 Å². The Morgan fingerprint density at radius 2 is 2.20 bits per heavy atom. The molecule has 0 unspecified atom stereocenters. The highest BCUT2D eigenvalue weighted by molar-refractivity contribution is 5.88. The number of nitrogens with two attached hydrogens (primary N) is 1. The maximum absolute atomic E-state index is 11.9. The van der Waals surface area contributed by atoms with E-state index in [9.17, 15) is 4.79 Å². The molecular weight excluding hydrogens is 266 g/mol. The van der Waals surface area contributed by atoms with Crippen LogP contribution in [0.15, 0.2) is 4.63 Å². The highest BCUT2D eigenvalue weighted by Gasteiger charge is 2.24. The fraction of sp³-hybridized carbons (Fsp3) is 0.500. The summed E-state index contributed by atoms with van der Waals surface area (Å²) in [4.78, 5) is 13.7. The minimum Gasteiger partial charge on any atom is -0.461 e. The van der Waals surface area contributed by atoms with E-state index in [-0.39, 0.29) is 23.9 Å². The Bertz CT molecular complexity index is 604. The number of hydrogen-bond acceptors (Lipinski definition) is 9. The first kappa shape index (κ1) is 13.9. The van der Waals surface area contributed by atoms with Crippen LogP contribution >= 0.6 is 0 Å². The Hall–Kier alpha value is -2.49. The number of rotatable bonds is 5. The first-order chi connectivity index (χ1) is 9.54. The van der Waals surface area contributed by atoms with E-state index < -0.39 is 5.97 Å². The van der Waals surface area contributed by atoms with Gasteiger partial charge in [0.15, 0.2) is 5.69 Å². The van der Waals surface area contributed by atoms with E-state index in [1.165, 1.54) is 4.68 Å². The first-order valence-electron chi connectivity index (χ1n) is 5.89. The minimum absolute atomic E-state index is 0.0605. The average Bonchev–Trinajstić information content (AvgIpc) is 2.95. The van der Waals surface area contributed by atoms with Crippen LogP contribution in [0, 0.1) is 0 Å². The SMILES string of the molecule is CCOC(=O)c1nnn(-c2nonc2N)c1CN(C)C. The normalized spacial score (nSPS) is 11.0. The van der Waals surface area contributed by atoms with Crippen molar-refractivity contribution < 1.29 is 14.2 Å². The molecule has 0 radical (unpaired) electrons. The Morgan fingerprint density at radius 3 is 2.75 bits per heavy atom. The number of nitrogens with zero attached hydrogens (tertiary/aromatic N) is 6. The maximum Gasteiger partial charge on any atom is 0.360 e. The molecule has 2 aromatic heterocycles. The van der Waals surface area contributed by atoms with E-state index in [1.54, 1.807) is 6.92 Å². The number of anilines is 1. The summed E-state index contributed by atoms with van der Waals surface area (Å²) in [6, 6.07) is 0. The third-order valence-corrected chi connectivity index (χ3v) is 2.39. The second-order valence-corrected chi connectivity index (χ2v) is 4.23. The molecule has 2 N–H and O–H groups in total. The Balaban J connectivity index is 2.47. The second kappa shape index (κ2) is 5.65. The van der Waals surface area contributed by atoms with Crippen molar-refractivity contribution in [2.75, 3.05) is 26.4 Å². The summed E-state index contributed by atoms with van der Waals surface area (Å²) in [5.41, 5.74) is 6.24. The lowest BCUT2D eigenvalue weighted by molar-refractivity contribution is 0.0517. The summed E-state index contributed by atoms with van der Waals surface area (Å²) in [6.07, 6.45) is 0. The molecule has 0 aromatic carbocycles. The third-order valence-electron chi connectivity index (χ3n) is 2.39. The predicted molar refractivity (Wildman–Crippen MR) is 67.0 cm³/mol. The summed E-state index contributed by atoms with van der Waals surface area (Å²) >= 11 is 0. The van der Waals surface area contributed by atoms with E-state index >= 15 is 0 Å². The molecule has 2 heterocycles. The average molecular weight is 281 g/mol. The van der Waals surface area contributed by atoms with E-state index in [1.807, 2.05) is 19.0 Å². The molecule has 20 heavy (non-hydrogen) atoms. The Morgan fingerprint density at radius 1 is 1.45 bits per heavy atom. The number of nitrogen functional groups attached to an aromatic ring is 1. The number of esters is 1. The largest absolute Gasteiger partial charge is 0.461 e.